The van der Waals surface area contributed by atoms with Crippen molar-refractivity contribution in [3.8, 4) is 0 Å². The Kier molecular flexibility index (Phi) is 5.08. The first-order chi connectivity index (χ1) is 13.1. The van der Waals surface area contributed by atoms with Crippen molar-refractivity contribution in [3.63, 3.8) is 0 Å². The maximum atomic E-state index is 12.6. The van der Waals surface area contributed by atoms with Gasteiger partial charge in [-0.05, 0) is 67.9 Å². The predicted octanol–water partition coefficient (Wildman–Crippen LogP) is 4.94. The number of carbonyl (C=O) groups is 1. The van der Waals surface area contributed by atoms with Gasteiger partial charge in [-0.1, -0.05) is 57.2 Å². The summed E-state index contributed by atoms with van der Waals surface area (Å²) in [7, 11) is 0. The Morgan fingerprint density at radius 2 is 1.52 bits per heavy atom. The van der Waals surface area contributed by atoms with Gasteiger partial charge in [0.05, 0.1) is 5.60 Å². The smallest absolute Gasteiger partial charge is 0.193 e. The third-order valence-electron chi connectivity index (χ3n) is 6.18. The molecule has 0 spiro atoms. The molecule has 3 nitrogen and oxygen atoms in total. The highest BCUT2D eigenvalue weighted by molar-refractivity contribution is 6.02. The Hall–Kier alpha value is -1.97. The highest BCUT2D eigenvalue weighted by Gasteiger charge is 2.46. The average molecular weight is 395 g/mol. The van der Waals surface area contributed by atoms with Gasteiger partial charge in [0.15, 0.2) is 5.78 Å². The minimum Gasteiger partial charge on any atom is -0.390 e. The molecule has 0 radical (unpaired) electrons. The van der Waals surface area contributed by atoms with Crippen LogP contribution in [0.15, 0.2) is 42.5 Å². The van der Waals surface area contributed by atoms with E-state index in [-0.39, 0.29) is 16.6 Å². The van der Waals surface area contributed by atoms with Crippen LogP contribution in [-0.4, -0.2) is 27.2 Å². The number of rotatable bonds is 5. The molecule has 3 rings (SSSR count). The summed E-state index contributed by atoms with van der Waals surface area (Å²) in [6, 6.07) is 14.4. The van der Waals surface area contributed by atoms with Gasteiger partial charge in [-0.15, -0.1) is 0 Å². The van der Waals surface area contributed by atoms with Crippen LogP contribution in [0.25, 0.3) is 0 Å². The van der Waals surface area contributed by atoms with E-state index in [0.29, 0.717) is 12.0 Å². The Morgan fingerprint density at radius 1 is 0.931 bits per heavy atom. The second kappa shape index (κ2) is 6.78. The zero-order valence-electron chi connectivity index (χ0n) is 18.8. The number of ketones is 1. The molecule has 29 heavy (non-hydrogen) atoms. The second-order valence-corrected chi connectivity index (χ2v) is 10.7. The molecule has 1 unspecified atom stereocenters. The lowest BCUT2D eigenvalue weighted by atomic mass is 9.75. The SMILES string of the molecule is CC(C)(O)Cc1ccc(C2(C)CC(C)(C)c3cc(C(=O)C(C)(C)O)ccc32)cc1. The highest BCUT2D eigenvalue weighted by atomic mass is 16.3. The van der Waals surface area contributed by atoms with Crippen LogP contribution in [0.2, 0.25) is 0 Å². The van der Waals surface area contributed by atoms with Crippen molar-refractivity contribution < 1.29 is 15.0 Å². The van der Waals surface area contributed by atoms with Gasteiger partial charge < -0.3 is 10.2 Å². The maximum absolute atomic E-state index is 12.6. The summed E-state index contributed by atoms with van der Waals surface area (Å²) in [6.45, 7) is 13.4. The van der Waals surface area contributed by atoms with Crippen molar-refractivity contribution in [2.75, 3.05) is 0 Å². The maximum Gasteiger partial charge on any atom is 0.193 e. The first-order valence-electron chi connectivity index (χ1n) is 10.4. The van der Waals surface area contributed by atoms with E-state index in [9.17, 15) is 15.0 Å². The molecule has 0 saturated carbocycles. The van der Waals surface area contributed by atoms with Crippen LogP contribution in [0.3, 0.4) is 0 Å². The van der Waals surface area contributed by atoms with E-state index in [1.165, 1.54) is 30.5 Å². The van der Waals surface area contributed by atoms with Gasteiger partial charge in [0.1, 0.15) is 5.60 Å². The number of hydrogen-bond acceptors (Lipinski definition) is 3. The number of aliphatic hydroxyl groups is 2. The zero-order valence-corrected chi connectivity index (χ0v) is 18.8. The lowest BCUT2D eigenvalue weighted by Gasteiger charge is -2.29. The van der Waals surface area contributed by atoms with Gasteiger partial charge in [-0.2, -0.15) is 0 Å². The molecular weight excluding hydrogens is 360 g/mol. The van der Waals surface area contributed by atoms with E-state index in [2.05, 4.69) is 51.1 Å². The normalized spacial score (nSPS) is 21.1. The largest absolute Gasteiger partial charge is 0.390 e. The average Bonchev–Trinajstić information content (AvgIpc) is 2.79. The van der Waals surface area contributed by atoms with Crippen molar-refractivity contribution >= 4 is 5.78 Å². The Labute approximate surface area is 174 Å². The van der Waals surface area contributed by atoms with Crippen molar-refractivity contribution in [1.29, 1.82) is 0 Å². The van der Waals surface area contributed by atoms with Gasteiger partial charge in [-0.3, -0.25) is 4.79 Å². The molecule has 0 bridgehead atoms. The van der Waals surface area contributed by atoms with Gasteiger partial charge in [-0.25, -0.2) is 0 Å². The van der Waals surface area contributed by atoms with Gasteiger partial charge in [0, 0.05) is 17.4 Å². The molecule has 3 heteroatoms. The van der Waals surface area contributed by atoms with Gasteiger partial charge in [0.2, 0.25) is 0 Å². The molecule has 1 aliphatic carbocycles. The van der Waals surface area contributed by atoms with Crippen LogP contribution in [0, 0.1) is 0 Å². The van der Waals surface area contributed by atoms with E-state index >= 15 is 0 Å². The molecule has 156 valence electrons. The van der Waals surface area contributed by atoms with E-state index in [0.717, 1.165) is 12.0 Å². The fraction of sp³-hybridized carbons (Fsp3) is 0.500. The number of fused-ring (bicyclic) bond motifs is 1. The van der Waals surface area contributed by atoms with Crippen molar-refractivity contribution in [2.45, 2.75) is 83.3 Å². The topological polar surface area (TPSA) is 57.5 Å². The third kappa shape index (κ3) is 4.17. The van der Waals surface area contributed by atoms with E-state index in [1.807, 2.05) is 26.0 Å². The number of carbonyl (C=O) groups excluding carboxylic acids is 1. The van der Waals surface area contributed by atoms with Crippen molar-refractivity contribution in [3.05, 3.63) is 70.3 Å². The fourth-order valence-electron chi connectivity index (χ4n) is 4.90. The summed E-state index contributed by atoms with van der Waals surface area (Å²) < 4.78 is 0. The summed E-state index contributed by atoms with van der Waals surface area (Å²) in [5.74, 6) is -0.249. The minimum absolute atomic E-state index is 0.0776. The lowest BCUT2D eigenvalue weighted by molar-refractivity contribution is 0.0488. The summed E-state index contributed by atoms with van der Waals surface area (Å²) in [6.07, 6.45) is 1.56. The molecule has 1 aliphatic rings. The standard InChI is InChI=1S/C26H34O3/c1-23(2)16-26(7,19-11-8-17(9-12-19)15-24(3,4)28)20-13-10-18(14-21(20)23)22(27)25(5,6)29/h8-14,28-29H,15-16H2,1-7H3. The summed E-state index contributed by atoms with van der Waals surface area (Å²) in [5.41, 5.74) is 3.01. The lowest BCUT2D eigenvalue weighted by Crippen LogP contribution is -2.31. The molecule has 2 aromatic rings. The molecule has 0 amide bonds. The van der Waals surface area contributed by atoms with E-state index in [1.54, 1.807) is 0 Å². The summed E-state index contributed by atoms with van der Waals surface area (Å²) in [5, 5.41) is 20.2. The van der Waals surface area contributed by atoms with Gasteiger partial charge >= 0.3 is 0 Å². The van der Waals surface area contributed by atoms with Crippen LogP contribution < -0.4 is 0 Å². The zero-order chi connectivity index (χ0) is 21.8. The molecule has 0 fully saturated rings. The Morgan fingerprint density at radius 3 is 2.03 bits per heavy atom. The van der Waals surface area contributed by atoms with E-state index in [4.69, 9.17) is 0 Å². The molecule has 0 aliphatic heterocycles. The number of Topliss-reactive ketones (excluding diaryl/α,β-unsaturated/α-hetero) is 1. The predicted molar refractivity (Wildman–Crippen MR) is 118 cm³/mol. The number of benzene rings is 2. The monoisotopic (exact) mass is 394 g/mol. The highest BCUT2D eigenvalue weighted by Crippen LogP contribution is 2.53. The van der Waals surface area contributed by atoms with Crippen LogP contribution in [0.1, 0.15) is 87.5 Å². The molecule has 2 aromatic carbocycles. The second-order valence-electron chi connectivity index (χ2n) is 10.7. The number of hydrogen-bond donors (Lipinski definition) is 2. The van der Waals surface area contributed by atoms with Crippen LogP contribution in [0.4, 0.5) is 0 Å². The first kappa shape index (κ1) is 21.7. The molecule has 2 N–H and O–H groups in total. The quantitative estimate of drug-likeness (QED) is 0.706. The summed E-state index contributed by atoms with van der Waals surface area (Å²) >= 11 is 0. The molecule has 1 atom stereocenters. The minimum atomic E-state index is -1.38. The Bertz CT molecular complexity index is 924. The first-order valence-corrected chi connectivity index (χ1v) is 10.4. The van der Waals surface area contributed by atoms with Crippen LogP contribution in [-0.2, 0) is 17.3 Å². The van der Waals surface area contributed by atoms with Crippen molar-refractivity contribution in [2.24, 2.45) is 0 Å². The van der Waals surface area contributed by atoms with Crippen LogP contribution in [0.5, 0.6) is 0 Å². The molecular formula is C26H34O3. The molecule has 0 aromatic heterocycles. The Balaban J connectivity index is 2.02. The molecule has 0 heterocycles. The van der Waals surface area contributed by atoms with Gasteiger partial charge in [0.25, 0.3) is 0 Å². The molecule has 0 saturated heterocycles. The summed E-state index contributed by atoms with van der Waals surface area (Å²) in [4.78, 5) is 12.6. The van der Waals surface area contributed by atoms with Crippen LogP contribution >= 0.6 is 0 Å². The van der Waals surface area contributed by atoms with E-state index < -0.39 is 11.2 Å². The third-order valence-corrected chi connectivity index (χ3v) is 6.18. The fourth-order valence-corrected chi connectivity index (χ4v) is 4.90. The van der Waals surface area contributed by atoms with Crippen molar-refractivity contribution in [1.82, 2.24) is 0 Å².